The summed E-state index contributed by atoms with van der Waals surface area (Å²) in [6, 6.07) is -27.4. The van der Waals surface area contributed by atoms with Crippen molar-refractivity contribution in [1.29, 1.82) is 0 Å². The highest BCUT2D eigenvalue weighted by Crippen LogP contribution is 2.45. The topological polar surface area (TPSA) is 3.24 Å². The van der Waals surface area contributed by atoms with Gasteiger partial charge < -0.3 is 4.90 Å². The normalized spacial score (nSPS) is 20.3. The van der Waals surface area contributed by atoms with Gasteiger partial charge in [-0.1, -0.05) is 121 Å². The first-order valence-electron chi connectivity index (χ1n) is 27.8. The molecule has 0 aliphatic heterocycles. The Balaban J connectivity index is 1.50. The maximum atomic E-state index is 9.99. The first-order chi connectivity index (χ1) is 34.9. The molecule has 0 spiro atoms. The third kappa shape index (κ3) is 4.54. The van der Waals surface area contributed by atoms with Gasteiger partial charge in [0.1, 0.15) is 0 Å². The molecule has 216 valence electrons. The van der Waals surface area contributed by atoms with Gasteiger partial charge in [-0.3, -0.25) is 0 Å². The van der Waals surface area contributed by atoms with Gasteiger partial charge in [0, 0.05) is 37.2 Å². The van der Waals surface area contributed by atoms with Crippen molar-refractivity contribution in [3.63, 3.8) is 0 Å². The maximum Gasteiger partial charge on any atom is 0.0652 e. The van der Waals surface area contributed by atoms with Gasteiger partial charge in [0.2, 0.25) is 0 Å². The molecule has 2 heteroatoms. The summed E-state index contributed by atoms with van der Waals surface area (Å²) in [6.07, 6.45) is 0. The quantitative estimate of drug-likeness (QED) is 0.182. The van der Waals surface area contributed by atoms with E-state index in [0.717, 1.165) is 0 Å². The van der Waals surface area contributed by atoms with Gasteiger partial charge in [0.15, 0.2) is 0 Å². The van der Waals surface area contributed by atoms with Crippen molar-refractivity contribution in [1.82, 2.24) is 0 Å². The summed E-state index contributed by atoms with van der Waals surface area (Å²) in [4.78, 5) is 0.423. The van der Waals surface area contributed by atoms with Crippen LogP contribution in [0.4, 0.5) is 17.1 Å². The van der Waals surface area contributed by atoms with Crippen molar-refractivity contribution >= 4 is 70.1 Å². The van der Waals surface area contributed by atoms with Crippen LogP contribution < -0.4 is 4.90 Å². The molecule has 0 amide bonds. The number of rotatable bonds is 5. The van der Waals surface area contributed by atoms with Gasteiger partial charge in [-0.25, -0.2) is 0 Å². The lowest BCUT2D eigenvalue weighted by Crippen LogP contribution is -2.09. The van der Waals surface area contributed by atoms with Crippen molar-refractivity contribution in [2.24, 2.45) is 0 Å². The monoisotopic (exact) mass is 632 g/mol. The second kappa shape index (κ2) is 11.0. The van der Waals surface area contributed by atoms with Gasteiger partial charge >= 0.3 is 0 Å². The van der Waals surface area contributed by atoms with E-state index < -0.39 is 247 Å². The number of para-hydroxylation sites is 1. The van der Waals surface area contributed by atoms with E-state index >= 15 is 0 Å². The van der Waals surface area contributed by atoms with Crippen LogP contribution >= 0.6 is 11.3 Å². The summed E-state index contributed by atoms with van der Waals surface area (Å²) >= 11 is 0.526. The summed E-state index contributed by atoms with van der Waals surface area (Å²) in [5.74, 6) is 0. The Bertz CT molecular complexity index is 4120. The summed E-state index contributed by atoms with van der Waals surface area (Å²) in [6.45, 7) is 0. The summed E-state index contributed by atoms with van der Waals surface area (Å²) < 4.78 is 258. The van der Waals surface area contributed by atoms with Crippen LogP contribution in [0.15, 0.2) is 175 Å². The van der Waals surface area contributed by atoms with Crippen LogP contribution in [0.5, 0.6) is 0 Å². The average molecular weight is 633 g/mol. The Kier molecular flexibility index (Phi) is 2.50. The fraction of sp³-hybridized carbons (Fsp3) is 0. The molecule has 1 nitrogen and oxygen atoms in total. The van der Waals surface area contributed by atoms with Crippen molar-refractivity contribution in [2.45, 2.75) is 0 Å². The minimum absolute atomic E-state index is 0.316. The summed E-state index contributed by atoms with van der Waals surface area (Å²) in [7, 11) is 0. The van der Waals surface area contributed by atoms with Gasteiger partial charge in [-0.15, -0.1) is 11.3 Å². The number of nitrogens with zero attached hydrogens (tertiary/aromatic N) is 1. The average Bonchev–Trinajstić information content (AvgIpc) is 3.78. The second-order valence-electron chi connectivity index (χ2n) is 9.52. The molecule has 0 saturated carbocycles. The van der Waals surface area contributed by atoms with E-state index in [-0.39, 0.29) is 9.40 Å². The minimum Gasteiger partial charge on any atom is -0.310 e. The molecule has 0 aliphatic carbocycles. The zero-order chi connectivity index (χ0) is 55.7. The highest BCUT2D eigenvalue weighted by atomic mass is 32.1. The number of hydrogen-bond donors (Lipinski definition) is 0. The van der Waals surface area contributed by atoms with Crippen LogP contribution in [0.25, 0.3) is 64.0 Å². The first kappa shape index (κ1) is 10.4. The van der Waals surface area contributed by atoms with Crippen LogP contribution in [-0.2, 0) is 0 Å². The molecule has 9 rings (SSSR count). The third-order valence-corrected chi connectivity index (χ3v) is 7.91. The molecule has 0 N–H and O–H groups in total. The van der Waals surface area contributed by atoms with E-state index in [1.165, 1.54) is 0 Å². The number of anilines is 3. The molecule has 0 unspecified atom stereocenters. The Labute approximate surface area is 313 Å². The second-order valence-corrected chi connectivity index (χ2v) is 10.5. The van der Waals surface area contributed by atoms with Crippen LogP contribution in [-0.4, -0.2) is 0 Å². The van der Waals surface area contributed by atoms with E-state index in [1.54, 1.807) is 0 Å². The van der Waals surface area contributed by atoms with E-state index in [9.17, 15) is 11.0 Å². The molecule has 1 heterocycles. The minimum atomic E-state index is -1.21. The molecule has 0 bridgehead atoms. The van der Waals surface area contributed by atoms with Crippen LogP contribution in [0, 0.1) is 0 Å². The van der Waals surface area contributed by atoms with Gasteiger partial charge in [-0.05, 0) is 98.2 Å². The molecule has 0 aliphatic rings. The maximum absolute atomic E-state index is 9.99. The Morgan fingerprint density at radius 2 is 1.04 bits per heavy atom. The molecule has 0 fully saturated rings. The summed E-state index contributed by atoms with van der Waals surface area (Å²) in [5.41, 5.74) is -6.04. The molecule has 9 aromatic rings. The smallest absolute Gasteiger partial charge is 0.0652 e. The fourth-order valence-electron chi connectivity index (χ4n) is 4.88. The Morgan fingerprint density at radius 1 is 0.391 bits per heavy atom. The number of thiophene rings is 1. The standard InChI is InChI=1S/C44H29NS/c1-2-14-35(15-3-1)45(36-24-22-31(23-25-36)34-21-20-30-10-4-5-12-33(30)28-34)37-26-27-42-41(29-37)44-40(18-9-19-43(44)46-42)39-17-8-13-32-11-6-7-16-38(32)39/h1-29H/i1D,2D,3D,4D,5D,6D,7D,8D,9D,10D,11D,12D,13D,14D,15D,16D,17D,18D,19D,20D,21D,22D,23D,24D,25D,26D,27D,28D,29D. The Hall–Kier alpha value is -5.70. The molecule has 0 radical (unpaired) electrons. The first-order valence-corrected chi connectivity index (χ1v) is 14.1. The van der Waals surface area contributed by atoms with Crippen LogP contribution in [0.1, 0.15) is 39.8 Å². The van der Waals surface area contributed by atoms with Crippen molar-refractivity contribution in [3.05, 3.63) is 175 Å². The predicted octanol–water partition coefficient (Wildman–Crippen LogP) is 13.2. The van der Waals surface area contributed by atoms with Crippen LogP contribution in [0.3, 0.4) is 0 Å². The Morgan fingerprint density at radius 3 is 1.91 bits per heavy atom. The zero-order valence-corrected chi connectivity index (χ0v) is 23.7. The molecule has 0 saturated heterocycles. The summed E-state index contributed by atoms with van der Waals surface area (Å²) in [5, 5.41) is -3.32. The molecule has 1 aromatic heterocycles. The van der Waals surface area contributed by atoms with Crippen molar-refractivity contribution in [2.75, 3.05) is 4.90 Å². The molecular weight excluding hydrogens is 575 g/mol. The SMILES string of the molecule is [2H]c1c([2H])c([2H])c(N(c2c([2H])c([2H])c(-c3c([2H])c([2H])c4c([2H])c([2H])c([2H])c([2H])c4c3[2H])c([2H])c2[2H])c2c([2H])c([2H])c3sc4c([2H])c([2H])c([2H])c(-c5c([2H])c([2H])c([2H])c6c([2H])c([2H])c([2H])c([2H])c56)c4c3c2[2H])c([2H])c1[2H]. The van der Waals surface area contributed by atoms with E-state index in [1.807, 2.05) is 0 Å². The van der Waals surface area contributed by atoms with Crippen molar-refractivity contribution in [3.8, 4) is 22.3 Å². The largest absolute Gasteiger partial charge is 0.310 e. The van der Waals surface area contributed by atoms with Gasteiger partial charge in [0.05, 0.1) is 39.8 Å². The molecule has 8 aromatic carbocycles. The number of fused-ring (bicyclic) bond motifs is 5. The highest BCUT2D eigenvalue weighted by molar-refractivity contribution is 7.26. The highest BCUT2D eigenvalue weighted by Gasteiger charge is 2.17. The van der Waals surface area contributed by atoms with Gasteiger partial charge in [-0.2, -0.15) is 0 Å². The third-order valence-electron chi connectivity index (χ3n) is 6.89. The van der Waals surface area contributed by atoms with E-state index in [4.69, 9.17) is 28.8 Å². The lowest BCUT2D eigenvalue weighted by atomic mass is 9.94. The van der Waals surface area contributed by atoms with E-state index in [2.05, 4.69) is 0 Å². The lowest BCUT2D eigenvalue weighted by Gasteiger charge is -2.26. The van der Waals surface area contributed by atoms with Crippen LogP contribution in [0.2, 0.25) is 0 Å². The lowest BCUT2D eigenvalue weighted by molar-refractivity contribution is 1.29. The molecular formula is C44H29NS. The molecule has 46 heavy (non-hydrogen) atoms. The zero-order valence-electron chi connectivity index (χ0n) is 51.9. The van der Waals surface area contributed by atoms with Crippen molar-refractivity contribution < 1.29 is 39.8 Å². The number of benzene rings is 8. The fourth-order valence-corrected chi connectivity index (χ4v) is 5.85. The van der Waals surface area contributed by atoms with Gasteiger partial charge in [0.25, 0.3) is 0 Å². The number of hydrogen-bond acceptors (Lipinski definition) is 2. The van der Waals surface area contributed by atoms with E-state index in [0.29, 0.717) is 16.2 Å². The predicted molar refractivity (Wildman–Crippen MR) is 200 cm³/mol. The molecule has 0 atom stereocenters.